The van der Waals surface area contributed by atoms with Crippen LogP contribution < -0.4 is 5.32 Å². The predicted octanol–water partition coefficient (Wildman–Crippen LogP) is 3.90. The standard InChI is InChI=1S/C17H15BrN4O/c1-11-6-7-15(14(18)9-11)21-17(23)13-10-20-22(12(13)2)16-5-3-4-8-19-16/h3-10H,1-2H3,(H,21,23). The quantitative estimate of drug-likeness (QED) is 0.760. The van der Waals surface area contributed by atoms with Gasteiger partial charge in [-0.15, -0.1) is 0 Å². The second-order valence-electron chi connectivity index (χ2n) is 5.18. The molecule has 0 aliphatic carbocycles. The highest BCUT2D eigenvalue weighted by atomic mass is 79.9. The Hall–Kier alpha value is -2.47. The third kappa shape index (κ3) is 3.17. The van der Waals surface area contributed by atoms with Gasteiger partial charge in [-0.2, -0.15) is 5.10 Å². The van der Waals surface area contributed by atoms with Gasteiger partial charge in [0.2, 0.25) is 0 Å². The lowest BCUT2D eigenvalue weighted by molar-refractivity contribution is 0.102. The van der Waals surface area contributed by atoms with Crippen molar-refractivity contribution in [1.82, 2.24) is 14.8 Å². The molecule has 2 aromatic heterocycles. The monoisotopic (exact) mass is 370 g/mol. The number of nitrogens with zero attached hydrogens (tertiary/aromatic N) is 3. The second-order valence-corrected chi connectivity index (χ2v) is 6.04. The van der Waals surface area contributed by atoms with E-state index in [1.54, 1.807) is 17.1 Å². The number of amides is 1. The van der Waals surface area contributed by atoms with Gasteiger partial charge in [-0.25, -0.2) is 9.67 Å². The number of hydrogen-bond acceptors (Lipinski definition) is 3. The fourth-order valence-electron chi connectivity index (χ4n) is 2.25. The van der Waals surface area contributed by atoms with Gasteiger partial charge in [0.1, 0.15) is 0 Å². The molecule has 1 N–H and O–H groups in total. The number of benzene rings is 1. The van der Waals surface area contributed by atoms with Crippen molar-refractivity contribution in [3.8, 4) is 5.82 Å². The molecule has 2 heterocycles. The molecule has 0 fully saturated rings. The van der Waals surface area contributed by atoms with Gasteiger partial charge in [0, 0.05) is 10.7 Å². The van der Waals surface area contributed by atoms with Gasteiger partial charge >= 0.3 is 0 Å². The van der Waals surface area contributed by atoms with Gasteiger partial charge in [-0.1, -0.05) is 12.1 Å². The number of nitrogens with one attached hydrogen (secondary N) is 1. The summed E-state index contributed by atoms with van der Waals surface area (Å²) in [6, 6.07) is 11.3. The van der Waals surface area contributed by atoms with Gasteiger partial charge in [0.15, 0.2) is 5.82 Å². The summed E-state index contributed by atoms with van der Waals surface area (Å²) in [4.78, 5) is 16.8. The molecule has 0 atom stereocenters. The van der Waals surface area contributed by atoms with E-state index < -0.39 is 0 Å². The molecule has 0 saturated heterocycles. The topological polar surface area (TPSA) is 59.8 Å². The summed E-state index contributed by atoms with van der Waals surface area (Å²) < 4.78 is 2.50. The zero-order valence-electron chi connectivity index (χ0n) is 12.7. The first-order valence-electron chi connectivity index (χ1n) is 7.10. The molecule has 1 amide bonds. The minimum atomic E-state index is -0.200. The molecule has 0 unspecified atom stereocenters. The largest absolute Gasteiger partial charge is 0.321 e. The maximum atomic E-state index is 12.5. The zero-order valence-corrected chi connectivity index (χ0v) is 14.3. The average molecular weight is 371 g/mol. The molecule has 6 heteroatoms. The number of aromatic nitrogens is 3. The van der Waals surface area contributed by atoms with Crippen LogP contribution in [0.25, 0.3) is 5.82 Å². The van der Waals surface area contributed by atoms with Gasteiger partial charge in [-0.05, 0) is 59.6 Å². The Kier molecular flexibility index (Phi) is 4.25. The SMILES string of the molecule is Cc1ccc(NC(=O)c2cnn(-c3ccccn3)c2C)c(Br)c1. The molecule has 0 bridgehead atoms. The Morgan fingerprint density at radius 2 is 2.04 bits per heavy atom. The fourth-order valence-corrected chi connectivity index (χ4v) is 2.85. The minimum Gasteiger partial charge on any atom is -0.321 e. The molecule has 0 saturated carbocycles. The predicted molar refractivity (Wildman–Crippen MR) is 92.9 cm³/mol. The number of halogens is 1. The fraction of sp³-hybridized carbons (Fsp3) is 0.118. The molecular formula is C17H15BrN4O. The zero-order chi connectivity index (χ0) is 16.4. The van der Waals surface area contributed by atoms with Crippen LogP contribution in [0, 0.1) is 13.8 Å². The lowest BCUT2D eigenvalue weighted by Gasteiger charge is -2.08. The van der Waals surface area contributed by atoms with Gasteiger partial charge in [-0.3, -0.25) is 4.79 Å². The number of rotatable bonds is 3. The van der Waals surface area contributed by atoms with Gasteiger partial charge < -0.3 is 5.32 Å². The summed E-state index contributed by atoms with van der Waals surface area (Å²) in [5.41, 5.74) is 3.10. The Morgan fingerprint density at radius 1 is 1.22 bits per heavy atom. The highest BCUT2D eigenvalue weighted by molar-refractivity contribution is 9.10. The first-order chi connectivity index (χ1) is 11.1. The second kappa shape index (κ2) is 6.34. The maximum absolute atomic E-state index is 12.5. The van der Waals surface area contributed by atoms with Crippen LogP contribution in [0.5, 0.6) is 0 Å². The summed E-state index contributed by atoms with van der Waals surface area (Å²) in [7, 11) is 0. The van der Waals surface area contributed by atoms with E-state index in [4.69, 9.17) is 0 Å². The number of hydrogen-bond donors (Lipinski definition) is 1. The van der Waals surface area contributed by atoms with E-state index in [1.807, 2.05) is 50.2 Å². The maximum Gasteiger partial charge on any atom is 0.259 e. The first kappa shape index (κ1) is 15.4. The van der Waals surface area contributed by atoms with E-state index in [-0.39, 0.29) is 5.91 Å². The van der Waals surface area contributed by atoms with E-state index in [1.165, 1.54) is 0 Å². The molecule has 5 nitrogen and oxygen atoms in total. The van der Waals surface area contributed by atoms with Gasteiger partial charge in [0.05, 0.1) is 23.1 Å². The number of anilines is 1. The lowest BCUT2D eigenvalue weighted by atomic mass is 10.2. The normalized spacial score (nSPS) is 10.6. The summed E-state index contributed by atoms with van der Waals surface area (Å²) >= 11 is 3.46. The first-order valence-corrected chi connectivity index (χ1v) is 7.89. The molecule has 0 radical (unpaired) electrons. The Balaban J connectivity index is 1.88. The number of aryl methyl sites for hydroxylation is 1. The van der Waals surface area contributed by atoms with Crippen molar-refractivity contribution in [2.45, 2.75) is 13.8 Å². The smallest absolute Gasteiger partial charge is 0.259 e. The highest BCUT2D eigenvalue weighted by Gasteiger charge is 2.16. The molecule has 0 aliphatic heterocycles. The van der Waals surface area contributed by atoms with Crippen molar-refractivity contribution in [2.24, 2.45) is 0 Å². The molecule has 0 aliphatic rings. The Bertz CT molecular complexity index is 858. The van der Waals surface area contributed by atoms with Crippen molar-refractivity contribution in [1.29, 1.82) is 0 Å². The van der Waals surface area contributed by atoms with Crippen molar-refractivity contribution >= 4 is 27.5 Å². The Labute approximate surface area is 142 Å². The lowest BCUT2D eigenvalue weighted by Crippen LogP contribution is -2.13. The van der Waals surface area contributed by atoms with E-state index in [9.17, 15) is 4.79 Å². The van der Waals surface area contributed by atoms with Crippen LogP contribution in [0.3, 0.4) is 0 Å². The third-order valence-electron chi connectivity index (χ3n) is 3.49. The van der Waals surface area contributed by atoms with E-state index in [2.05, 4.69) is 31.3 Å². The summed E-state index contributed by atoms with van der Waals surface area (Å²) in [5.74, 6) is 0.481. The van der Waals surface area contributed by atoms with Gasteiger partial charge in [0.25, 0.3) is 5.91 Å². The van der Waals surface area contributed by atoms with Crippen molar-refractivity contribution in [3.05, 3.63) is 70.1 Å². The Morgan fingerprint density at radius 3 is 2.74 bits per heavy atom. The molecule has 1 aromatic carbocycles. The summed E-state index contributed by atoms with van der Waals surface area (Å²) in [6.07, 6.45) is 3.25. The highest BCUT2D eigenvalue weighted by Crippen LogP contribution is 2.24. The van der Waals surface area contributed by atoms with Crippen LogP contribution >= 0.6 is 15.9 Å². The van der Waals surface area contributed by atoms with E-state index >= 15 is 0 Å². The number of carbonyl (C=O) groups excluding carboxylic acids is 1. The van der Waals surface area contributed by atoms with Crippen molar-refractivity contribution in [2.75, 3.05) is 5.32 Å². The van der Waals surface area contributed by atoms with Crippen LogP contribution in [0.15, 0.2) is 53.3 Å². The molecule has 3 aromatic rings. The van der Waals surface area contributed by atoms with E-state index in [0.29, 0.717) is 11.4 Å². The molecule has 0 spiro atoms. The number of pyridine rings is 1. The number of carbonyl (C=O) groups is 1. The average Bonchev–Trinajstić information content (AvgIpc) is 2.92. The third-order valence-corrected chi connectivity index (χ3v) is 4.15. The molecule has 3 rings (SSSR count). The molecular weight excluding hydrogens is 356 g/mol. The van der Waals surface area contributed by atoms with Crippen LogP contribution in [-0.4, -0.2) is 20.7 Å². The van der Waals surface area contributed by atoms with Crippen LogP contribution in [0.1, 0.15) is 21.6 Å². The summed E-state index contributed by atoms with van der Waals surface area (Å²) in [5, 5.41) is 7.17. The molecule has 116 valence electrons. The van der Waals surface area contributed by atoms with Crippen molar-refractivity contribution in [3.63, 3.8) is 0 Å². The van der Waals surface area contributed by atoms with Crippen LogP contribution in [0.2, 0.25) is 0 Å². The van der Waals surface area contributed by atoms with Crippen molar-refractivity contribution < 1.29 is 4.79 Å². The van der Waals surface area contributed by atoms with Crippen LogP contribution in [0.4, 0.5) is 5.69 Å². The molecule has 23 heavy (non-hydrogen) atoms. The summed E-state index contributed by atoms with van der Waals surface area (Å²) in [6.45, 7) is 3.85. The van der Waals surface area contributed by atoms with Crippen LogP contribution in [-0.2, 0) is 0 Å². The van der Waals surface area contributed by atoms with E-state index in [0.717, 1.165) is 21.4 Å². The minimum absolute atomic E-state index is 0.200.